The highest BCUT2D eigenvalue weighted by Crippen LogP contribution is 2.33. The van der Waals surface area contributed by atoms with Crippen molar-refractivity contribution < 1.29 is 5.11 Å². The van der Waals surface area contributed by atoms with Crippen molar-refractivity contribution in [3.8, 4) is 5.75 Å². The molecular formula is C14H12BrNO. The fourth-order valence-corrected chi connectivity index (χ4v) is 2.57. The second-order valence-electron chi connectivity index (χ2n) is 4.25. The van der Waals surface area contributed by atoms with Crippen LogP contribution < -0.4 is 5.32 Å². The van der Waals surface area contributed by atoms with Crippen LogP contribution in [-0.2, 0) is 0 Å². The lowest BCUT2D eigenvalue weighted by Crippen LogP contribution is -2.23. The van der Waals surface area contributed by atoms with E-state index >= 15 is 0 Å². The number of hydrogen-bond donors (Lipinski definition) is 2. The van der Waals surface area contributed by atoms with E-state index < -0.39 is 0 Å². The normalized spacial score (nSPS) is 21.6. The molecule has 1 aliphatic heterocycles. The van der Waals surface area contributed by atoms with Crippen molar-refractivity contribution in [2.24, 2.45) is 0 Å². The summed E-state index contributed by atoms with van der Waals surface area (Å²) in [6, 6.07) is 5.83. The molecule has 0 bridgehead atoms. The number of fused-ring (bicyclic) bond motifs is 1. The number of rotatable bonds is 1. The van der Waals surface area contributed by atoms with Gasteiger partial charge in [-0.2, -0.15) is 0 Å². The van der Waals surface area contributed by atoms with E-state index in [-0.39, 0.29) is 0 Å². The van der Waals surface area contributed by atoms with Crippen LogP contribution in [-0.4, -0.2) is 11.1 Å². The molecule has 17 heavy (non-hydrogen) atoms. The quantitative estimate of drug-likeness (QED) is 0.831. The van der Waals surface area contributed by atoms with Crippen molar-refractivity contribution in [1.29, 1.82) is 0 Å². The Balaban J connectivity index is 2.01. The summed E-state index contributed by atoms with van der Waals surface area (Å²) in [5.74, 6) is 0.305. The van der Waals surface area contributed by atoms with Gasteiger partial charge in [0.2, 0.25) is 0 Å². The smallest absolute Gasteiger partial charge is 0.124 e. The maximum Gasteiger partial charge on any atom is 0.124 e. The predicted octanol–water partition coefficient (Wildman–Crippen LogP) is 3.35. The van der Waals surface area contributed by atoms with Crippen molar-refractivity contribution in [1.82, 2.24) is 5.32 Å². The van der Waals surface area contributed by atoms with Gasteiger partial charge >= 0.3 is 0 Å². The molecule has 2 N–H and O–H groups in total. The molecule has 0 saturated carbocycles. The number of hydrogen-bond acceptors (Lipinski definition) is 2. The number of benzene rings is 1. The molecule has 2 aliphatic rings. The van der Waals surface area contributed by atoms with Gasteiger partial charge in [0.1, 0.15) is 5.75 Å². The highest BCUT2D eigenvalue weighted by atomic mass is 79.9. The minimum atomic E-state index is 0.305. The first kappa shape index (κ1) is 10.7. The number of nitrogens with one attached hydrogen (secondary N) is 1. The summed E-state index contributed by atoms with van der Waals surface area (Å²) in [6.45, 7) is 0. The van der Waals surface area contributed by atoms with Crippen LogP contribution in [0.3, 0.4) is 0 Å². The molecular weight excluding hydrogens is 278 g/mol. The van der Waals surface area contributed by atoms with Crippen molar-refractivity contribution in [3.63, 3.8) is 0 Å². The first-order chi connectivity index (χ1) is 8.24. The largest absolute Gasteiger partial charge is 0.507 e. The highest BCUT2D eigenvalue weighted by molar-refractivity contribution is 9.10. The van der Waals surface area contributed by atoms with E-state index in [0.717, 1.165) is 22.2 Å². The second kappa shape index (κ2) is 4.08. The minimum Gasteiger partial charge on any atom is -0.507 e. The van der Waals surface area contributed by atoms with Crippen molar-refractivity contribution in [2.45, 2.75) is 12.5 Å². The minimum absolute atomic E-state index is 0.305. The Morgan fingerprint density at radius 1 is 1.35 bits per heavy atom. The van der Waals surface area contributed by atoms with Gasteiger partial charge in [-0.05, 0) is 36.3 Å². The van der Waals surface area contributed by atoms with Crippen LogP contribution >= 0.6 is 15.9 Å². The van der Waals surface area contributed by atoms with Gasteiger partial charge in [0.25, 0.3) is 0 Å². The fourth-order valence-electron chi connectivity index (χ4n) is 2.21. The Labute approximate surface area is 108 Å². The maximum absolute atomic E-state index is 9.89. The van der Waals surface area contributed by atoms with Gasteiger partial charge in [-0.15, -0.1) is 0 Å². The van der Waals surface area contributed by atoms with Gasteiger partial charge in [0.05, 0.1) is 6.04 Å². The van der Waals surface area contributed by atoms with E-state index in [2.05, 4.69) is 45.6 Å². The standard InChI is InChI=1S/C14H12BrNO/c15-10-5-6-14(17)11(8-10)13-7-9-3-1-2-4-12(9)16-13/h1-3,5-8,12,16-17H,4H2. The lowest BCUT2D eigenvalue weighted by molar-refractivity contribution is 0.473. The van der Waals surface area contributed by atoms with E-state index in [1.165, 1.54) is 5.57 Å². The Morgan fingerprint density at radius 2 is 2.24 bits per heavy atom. The van der Waals surface area contributed by atoms with Crippen LogP contribution in [0.25, 0.3) is 5.70 Å². The monoisotopic (exact) mass is 289 g/mol. The van der Waals surface area contributed by atoms with Crippen LogP contribution in [0.15, 0.2) is 52.5 Å². The lowest BCUT2D eigenvalue weighted by Gasteiger charge is -2.15. The van der Waals surface area contributed by atoms with E-state index in [1.807, 2.05) is 12.1 Å². The van der Waals surface area contributed by atoms with Crippen LogP contribution in [0.4, 0.5) is 0 Å². The second-order valence-corrected chi connectivity index (χ2v) is 5.16. The van der Waals surface area contributed by atoms with E-state index in [0.29, 0.717) is 11.8 Å². The molecule has 1 aromatic carbocycles. The first-order valence-corrected chi connectivity index (χ1v) is 6.37. The number of aromatic hydroxyl groups is 1. The zero-order valence-electron chi connectivity index (χ0n) is 9.15. The zero-order valence-corrected chi connectivity index (χ0v) is 10.7. The summed E-state index contributed by atoms with van der Waals surface area (Å²) in [5.41, 5.74) is 3.11. The van der Waals surface area contributed by atoms with Gasteiger partial charge in [0, 0.05) is 15.7 Å². The Morgan fingerprint density at radius 3 is 3.06 bits per heavy atom. The molecule has 0 fully saturated rings. The van der Waals surface area contributed by atoms with Gasteiger partial charge in [-0.25, -0.2) is 0 Å². The van der Waals surface area contributed by atoms with Crippen LogP contribution in [0, 0.1) is 0 Å². The molecule has 3 heteroatoms. The van der Waals surface area contributed by atoms with Gasteiger partial charge in [-0.3, -0.25) is 0 Å². The summed E-state index contributed by atoms with van der Waals surface area (Å²) in [5, 5.41) is 13.3. The molecule has 1 aliphatic carbocycles. The summed E-state index contributed by atoms with van der Waals surface area (Å²) in [7, 11) is 0. The molecule has 0 spiro atoms. The number of halogens is 1. The van der Waals surface area contributed by atoms with Gasteiger partial charge < -0.3 is 10.4 Å². The SMILES string of the molecule is Oc1ccc(Br)cc1C1=CC2=CC=CCC2N1. The molecule has 2 nitrogen and oxygen atoms in total. The molecule has 1 atom stereocenters. The van der Waals surface area contributed by atoms with Crippen LogP contribution in [0.5, 0.6) is 5.75 Å². The molecule has 1 unspecified atom stereocenters. The fraction of sp³-hybridized carbons (Fsp3) is 0.143. The summed E-state index contributed by atoms with van der Waals surface area (Å²) < 4.78 is 0.968. The van der Waals surface area contributed by atoms with Crippen LogP contribution in [0.1, 0.15) is 12.0 Å². The topological polar surface area (TPSA) is 32.3 Å². The lowest BCUT2D eigenvalue weighted by atomic mass is 10.0. The van der Waals surface area contributed by atoms with Gasteiger partial charge in [-0.1, -0.05) is 34.2 Å². The summed E-state index contributed by atoms with van der Waals surface area (Å²) in [4.78, 5) is 0. The third-order valence-corrected chi connectivity index (χ3v) is 3.58. The molecule has 0 radical (unpaired) electrons. The molecule has 1 heterocycles. The summed E-state index contributed by atoms with van der Waals surface area (Å²) in [6.07, 6.45) is 9.45. The molecule has 0 aromatic heterocycles. The Kier molecular flexibility index (Phi) is 2.56. The van der Waals surface area contributed by atoms with Crippen LogP contribution in [0.2, 0.25) is 0 Å². The average Bonchev–Trinajstić information content (AvgIpc) is 2.75. The van der Waals surface area contributed by atoms with Crippen molar-refractivity contribution in [3.05, 3.63) is 58.1 Å². The van der Waals surface area contributed by atoms with Crippen molar-refractivity contribution in [2.75, 3.05) is 0 Å². The molecule has 3 rings (SSSR count). The van der Waals surface area contributed by atoms with E-state index in [9.17, 15) is 5.11 Å². The third kappa shape index (κ3) is 1.91. The predicted molar refractivity (Wildman–Crippen MR) is 72.5 cm³/mol. The van der Waals surface area contributed by atoms with Gasteiger partial charge in [0.15, 0.2) is 0 Å². The maximum atomic E-state index is 9.89. The zero-order chi connectivity index (χ0) is 11.8. The van der Waals surface area contributed by atoms with E-state index in [1.54, 1.807) is 6.07 Å². The highest BCUT2D eigenvalue weighted by Gasteiger charge is 2.23. The molecule has 0 saturated heterocycles. The molecule has 86 valence electrons. The molecule has 1 aromatic rings. The third-order valence-electron chi connectivity index (χ3n) is 3.09. The Bertz CT molecular complexity index is 557. The molecule has 0 amide bonds. The first-order valence-electron chi connectivity index (χ1n) is 5.58. The van der Waals surface area contributed by atoms with Crippen molar-refractivity contribution >= 4 is 21.6 Å². The number of phenolic OH excluding ortho intramolecular Hbond substituents is 1. The number of allylic oxidation sites excluding steroid dienone is 2. The van der Waals surface area contributed by atoms with E-state index in [4.69, 9.17) is 0 Å². The summed E-state index contributed by atoms with van der Waals surface area (Å²) >= 11 is 3.43. The Hall–Kier alpha value is -1.48. The number of phenols is 1. The average molecular weight is 290 g/mol.